The number of nitriles is 1. The van der Waals surface area contributed by atoms with Crippen LogP contribution in [0, 0.1) is 21.4 Å². The summed E-state index contributed by atoms with van der Waals surface area (Å²) in [5, 5.41) is 23.1. The predicted octanol–water partition coefficient (Wildman–Crippen LogP) is 1.53. The maximum Gasteiger partial charge on any atom is 0.282 e. The minimum absolute atomic E-state index is 0.0929. The SMILES string of the molecule is N#CC1(NC(=O)CN2C(=O)c3cccc([N+](=O)[O-])c3C2=O)CCCCC1. The molecule has 1 aromatic rings. The van der Waals surface area contributed by atoms with Crippen LogP contribution in [-0.2, 0) is 4.79 Å². The molecule has 1 aliphatic heterocycles. The van der Waals surface area contributed by atoms with Crippen LogP contribution >= 0.6 is 0 Å². The molecule has 1 N–H and O–H groups in total. The largest absolute Gasteiger partial charge is 0.336 e. The zero-order valence-corrected chi connectivity index (χ0v) is 13.9. The lowest BCUT2D eigenvalue weighted by atomic mass is 9.83. The van der Waals surface area contributed by atoms with E-state index in [1.54, 1.807) is 0 Å². The summed E-state index contributed by atoms with van der Waals surface area (Å²) in [4.78, 5) is 48.3. The van der Waals surface area contributed by atoms with Crippen molar-refractivity contribution in [3.05, 3.63) is 39.4 Å². The van der Waals surface area contributed by atoms with Crippen molar-refractivity contribution in [3.8, 4) is 6.07 Å². The Morgan fingerprint density at radius 1 is 1.27 bits per heavy atom. The van der Waals surface area contributed by atoms with Gasteiger partial charge in [-0.15, -0.1) is 0 Å². The fourth-order valence-electron chi connectivity index (χ4n) is 3.48. The van der Waals surface area contributed by atoms with Crippen molar-refractivity contribution >= 4 is 23.4 Å². The molecule has 0 spiro atoms. The van der Waals surface area contributed by atoms with Crippen molar-refractivity contribution in [1.82, 2.24) is 10.2 Å². The second-order valence-electron chi connectivity index (χ2n) is 6.46. The second kappa shape index (κ2) is 6.55. The van der Waals surface area contributed by atoms with Gasteiger partial charge in [-0.3, -0.25) is 29.4 Å². The van der Waals surface area contributed by atoms with E-state index in [1.165, 1.54) is 12.1 Å². The van der Waals surface area contributed by atoms with Crippen molar-refractivity contribution in [2.45, 2.75) is 37.6 Å². The molecule has 0 unspecified atom stereocenters. The number of imide groups is 1. The summed E-state index contributed by atoms with van der Waals surface area (Å²) >= 11 is 0. The topological polar surface area (TPSA) is 133 Å². The van der Waals surface area contributed by atoms with Gasteiger partial charge in [-0.2, -0.15) is 5.26 Å². The number of rotatable bonds is 4. The first-order valence-electron chi connectivity index (χ1n) is 8.24. The molecule has 3 rings (SSSR count). The molecule has 134 valence electrons. The van der Waals surface area contributed by atoms with Gasteiger partial charge in [0.25, 0.3) is 17.5 Å². The molecule has 9 nitrogen and oxygen atoms in total. The number of nitro benzene ring substituents is 1. The number of nitro groups is 1. The Hall–Kier alpha value is -3.28. The van der Waals surface area contributed by atoms with Gasteiger partial charge in [0.15, 0.2) is 0 Å². The van der Waals surface area contributed by atoms with E-state index < -0.39 is 40.4 Å². The van der Waals surface area contributed by atoms with Crippen LogP contribution in [0.5, 0.6) is 0 Å². The molecule has 0 atom stereocenters. The highest BCUT2D eigenvalue weighted by atomic mass is 16.6. The summed E-state index contributed by atoms with van der Waals surface area (Å²) in [6, 6.07) is 5.90. The van der Waals surface area contributed by atoms with Crippen molar-refractivity contribution in [1.29, 1.82) is 5.26 Å². The fourth-order valence-corrected chi connectivity index (χ4v) is 3.48. The van der Waals surface area contributed by atoms with Gasteiger partial charge in [0.2, 0.25) is 5.91 Å². The number of hydrogen-bond acceptors (Lipinski definition) is 6. The lowest BCUT2D eigenvalue weighted by Crippen LogP contribution is -2.52. The molecule has 1 fully saturated rings. The molecule has 1 aromatic carbocycles. The number of benzene rings is 1. The maximum absolute atomic E-state index is 12.5. The molecule has 9 heteroatoms. The van der Waals surface area contributed by atoms with E-state index in [2.05, 4.69) is 11.4 Å². The minimum atomic E-state index is -0.986. The Labute approximate surface area is 148 Å². The zero-order chi connectivity index (χ0) is 18.9. The molecular formula is C17H16N4O5. The van der Waals surface area contributed by atoms with E-state index in [-0.39, 0.29) is 11.1 Å². The van der Waals surface area contributed by atoms with Gasteiger partial charge < -0.3 is 5.32 Å². The summed E-state index contributed by atoms with van der Waals surface area (Å²) in [5.74, 6) is -2.26. The predicted molar refractivity (Wildman–Crippen MR) is 88.0 cm³/mol. The van der Waals surface area contributed by atoms with Crippen LogP contribution in [0.1, 0.15) is 52.8 Å². The van der Waals surface area contributed by atoms with Crippen molar-refractivity contribution in [2.75, 3.05) is 6.54 Å². The molecule has 0 aromatic heterocycles. The van der Waals surface area contributed by atoms with Crippen LogP contribution in [0.4, 0.5) is 5.69 Å². The Balaban J connectivity index is 1.79. The van der Waals surface area contributed by atoms with Crippen LogP contribution in [-0.4, -0.2) is 39.6 Å². The van der Waals surface area contributed by atoms with Gasteiger partial charge >= 0.3 is 0 Å². The first kappa shape index (κ1) is 17.5. The third kappa shape index (κ3) is 2.90. The van der Waals surface area contributed by atoms with E-state index in [4.69, 9.17) is 0 Å². The average molecular weight is 356 g/mol. The third-order valence-electron chi connectivity index (χ3n) is 4.78. The smallest absolute Gasteiger partial charge is 0.282 e. The first-order chi connectivity index (χ1) is 12.4. The molecular weight excluding hydrogens is 340 g/mol. The molecule has 26 heavy (non-hydrogen) atoms. The molecule has 3 amide bonds. The van der Waals surface area contributed by atoms with Gasteiger partial charge in [-0.1, -0.05) is 25.3 Å². The lowest BCUT2D eigenvalue weighted by molar-refractivity contribution is -0.385. The first-order valence-corrected chi connectivity index (χ1v) is 8.24. The molecule has 0 bridgehead atoms. The Bertz CT molecular complexity index is 851. The lowest BCUT2D eigenvalue weighted by Gasteiger charge is -2.32. The van der Waals surface area contributed by atoms with E-state index in [1.807, 2.05) is 0 Å². The van der Waals surface area contributed by atoms with Gasteiger partial charge in [0.1, 0.15) is 17.6 Å². The van der Waals surface area contributed by atoms with E-state index in [9.17, 15) is 29.8 Å². The molecule has 2 aliphatic rings. The van der Waals surface area contributed by atoms with E-state index in [0.29, 0.717) is 17.7 Å². The highest BCUT2D eigenvalue weighted by molar-refractivity contribution is 6.24. The highest BCUT2D eigenvalue weighted by Crippen LogP contribution is 2.31. The summed E-state index contributed by atoms with van der Waals surface area (Å²) in [6.45, 7) is -0.576. The summed E-state index contributed by atoms with van der Waals surface area (Å²) in [6.07, 6.45) is 3.65. The minimum Gasteiger partial charge on any atom is -0.336 e. The third-order valence-corrected chi connectivity index (χ3v) is 4.78. The monoisotopic (exact) mass is 356 g/mol. The standard InChI is InChI=1S/C17H16N4O5/c18-10-17(7-2-1-3-8-17)19-13(22)9-20-15(23)11-5-4-6-12(21(25)26)14(11)16(20)24/h4-6H,1-3,7-9H2,(H,19,22). The van der Waals surface area contributed by atoms with Crippen molar-refractivity contribution in [3.63, 3.8) is 0 Å². The fraction of sp³-hybridized carbons (Fsp3) is 0.412. The maximum atomic E-state index is 12.5. The number of hydrogen-bond donors (Lipinski definition) is 1. The molecule has 0 saturated heterocycles. The second-order valence-corrected chi connectivity index (χ2v) is 6.46. The van der Waals surface area contributed by atoms with Crippen molar-refractivity contribution < 1.29 is 19.3 Å². The summed E-state index contributed by atoms with van der Waals surface area (Å²) < 4.78 is 0. The number of carbonyl (C=O) groups is 3. The van der Waals surface area contributed by atoms with Crippen molar-refractivity contribution in [2.24, 2.45) is 0 Å². The Morgan fingerprint density at radius 3 is 2.58 bits per heavy atom. The zero-order valence-electron chi connectivity index (χ0n) is 13.9. The van der Waals surface area contributed by atoms with Gasteiger partial charge in [-0.25, -0.2) is 0 Å². The van der Waals surface area contributed by atoms with Crippen LogP contribution in [0.25, 0.3) is 0 Å². The summed E-state index contributed by atoms with van der Waals surface area (Å²) in [5.41, 5.74) is -1.85. The van der Waals surface area contributed by atoms with Crippen LogP contribution in [0.3, 0.4) is 0 Å². The van der Waals surface area contributed by atoms with E-state index in [0.717, 1.165) is 25.3 Å². The van der Waals surface area contributed by atoms with Gasteiger partial charge in [-0.05, 0) is 18.9 Å². The van der Waals surface area contributed by atoms with Gasteiger partial charge in [0, 0.05) is 6.07 Å². The number of carbonyl (C=O) groups excluding carboxylic acids is 3. The average Bonchev–Trinajstić information content (AvgIpc) is 2.87. The number of amides is 3. The highest BCUT2D eigenvalue weighted by Gasteiger charge is 2.42. The van der Waals surface area contributed by atoms with E-state index >= 15 is 0 Å². The molecule has 1 saturated carbocycles. The van der Waals surface area contributed by atoms with Crippen LogP contribution < -0.4 is 5.32 Å². The Kier molecular flexibility index (Phi) is 4.42. The molecule has 1 heterocycles. The van der Waals surface area contributed by atoms with Crippen LogP contribution in [0.2, 0.25) is 0 Å². The quantitative estimate of drug-likeness (QED) is 0.494. The number of nitrogens with zero attached hydrogens (tertiary/aromatic N) is 3. The molecule has 0 radical (unpaired) electrons. The summed E-state index contributed by atoms with van der Waals surface area (Å²) in [7, 11) is 0. The number of fused-ring (bicyclic) bond motifs is 1. The number of nitrogens with one attached hydrogen (secondary N) is 1. The Morgan fingerprint density at radius 2 is 1.96 bits per heavy atom. The van der Waals surface area contributed by atoms with Crippen LogP contribution in [0.15, 0.2) is 18.2 Å². The normalized spacial score (nSPS) is 18.2. The van der Waals surface area contributed by atoms with Gasteiger partial charge in [0.05, 0.1) is 16.6 Å². The molecule has 1 aliphatic carbocycles.